The van der Waals surface area contributed by atoms with Crippen LogP contribution in [0.15, 0.2) is 22.7 Å². The monoisotopic (exact) mass is 327 g/mol. The minimum atomic E-state index is -1.09. The van der Waals surface area contributed by atoms with Gasteiger partial charge < -0.3 is 10.0 Å². The number of hydrogen-bond donors (Lipinski definition) is 1. The molecule has 0 radical (unpaired) electrons. The van der Waals surface area contributed by atoms with Gasteiger partial charge in [0.2, 0.25) is 5.91 Å². The van der Waals surface area contributed by atoms with Crippen molar-refractivity contribution in [2.24, 2.45) is 5.92 Å². The Kier molecular flexibility index (Phi) is 5.54. The van der Waals surface area contributed by atoms with Gasteiger partial charge >= 0.3 is 5.97 Å². The lowest BCUT2D eigenvalue weighted by molar-refractivity contribution is -0.149. The van der Waals surface area contributed by atoms with Crippen molar-refractivity contribution in [3.05, 3.63) is 33.8 Å². The summed E-state index contributed by atoms with van der Waals surface area (Å²) in [7, 11) is 1.63. The van der Waals surface area contributed by atoms with E-state index in [0.717, 1.165) is 15.6 Å². The van der Waals surface area contributed by atoms with Gasteiger partial charge in [0.25, 0.3) is 0 Å². The topological polar surface area (TPSA) is 57.6 Å². The van der Waals surface area contributed by atoms with Gasteiger partial charge in [0.15, 0.2) is 0 Å². The molecule has 0 aliphatic heterocycles. The minimum absolute atomic E-state index is 0.361. The third kappa shape index (κ3) is 4.35. The van der Waals surface area contributed by atoms with Crippen LogP contribution in [0.25, 0.3) is 0 Å². The first kappa shape index (κ1) is 15.7. The zero-order chi connectivity index (χ0) is 14.6. The number of likely N-dealkylation sites (N-methyl/N-ethyl adjacent to an activating group) is 1. The van der Waals surface area contributed by atoms with Gasteiger partial charge in [-0.05, 0) is 43.5 Å². The lowest BCUT2D eigenvalue weighted by atomic mass is 10.1. The van der Waals surface area contributed by atoms with Crippen molar-refractivity contribution in [3.8, 4) is 0 Å². The molecule has 1 N–H and O–H groups in total. The van der Waals surface area contributed by atoms with E-state index in [9.17, 15) is 9.59 Å². The molecular weight excluding hydrogens is 310 g/mol. The highest BCUT2D eigenvalue weighted by Gasteiger charge is 2.23. The van der Waals surface area contributed by atoms with E-state index in [4.69, 9.17) is 5.11 Å². The van der Waals surface area contributed by atoms with E-state index < -0.39 is 11.9 Å². The summed E-state index contributed by atoms with van der Waals surface area (Å²) in [5.74, 6) is -2.44. The maximum Gasteiger partial charge on any atom is 0.315 e. The van der Waals surface area contributed by atoms with Crippen molar-refractivity contribution in [1.29, 1.82) is 0 Å². The van der Waals surface area contributed by atoms with Crippen molar-refractivity contribution < 1.29 is 14.7 Å². The molecule has 0 bridgehead atoms. The number of carboxylic acids is 1. The van der Waals surface area contributed by atoms with E-state index in [-0.39, 0.29) is 5.91 Å². The third-order valence-electron chi connectivity index (χ3n) is 3.14. The fourth-order valence-corrected chi connectivity index (χ4v) is 2.15. The molecule has 0 aromatic heterocycles. The number of aryl methyl sites for hydroxylation is 1. The molecular formula is C14H18BrNO3. The van der Waals surface area contributed by atoms with Crippen LogP contribution in [-0.4, -0.2) is 35.5 Å². The van der Waals surface area contributed by atoms with E-state index in [0.29, 0.717) is 13.0 Å². The molecule has 0 saturated carbocycles. The number of hydrogen-bond acceptors (Lipinski definition) is 2. The van der Waals surface area contributed by atoms with Crippen LogP contribution in [-0.2, 0) is 16.0 Å². The highest BCUT2D eigenvalue weighted by molar-refractivity contribution is 9.10. The fraction of sp³-hybridized carbons (Fsp3) is 0.429. The number of amides is 1. The number of rotatable bonds is 5. The van der Waals surface area contributed by atoms with Crippen LogP contribution < -0.4 is 0 Å². The van der Waals surface area contributed by atoms with Crippen LogP contribution in [0.1, 0.15) is 18.1 Å². The van der Waals surface area contributed by atoms with Gasteiger partial charge in [0.05, 0.1) is 0 Å². The summed E-state index contributed by atoms with van der Waals surface area (Å²) in [5.41, 5.74) is 2.31. The molecule has 1 rings (SSSR count). The first-order valence-electron chi connectivity index (χ1n) is 6.05. The quantitative estimate of drug-likeness (QED) is 0.845. The molecule has 0 fully saturated rings. The number of halogens is 1. The average Bonchev–Trinajstić information content (AvgIpc) is 2.37. The van der Waals surface area contributed by atoms with Gasteiger partial charge in [-0.2, -0.15) is 0 Å². The van der Waals surface area contributed by atoms with Crippen molar-refractivity contribution in [1.82, 2.24) is 4.90 Å². The Labute approximate surface area is 121 Å². The predicted octanol–water partition coefficient (Wildman–Crippen LogP) is 2.48. The molecule has 104 valence electrons. The first-order valence-corrected chi connectivity index (χ1v) is 6.85. The molecule has 1 aromatic rings. The summed E-state index contributed by atoms with van der Waals surface area (Å²) in [6, 6.07) is 6.01. The Balaban J connectivity index is 2.64. The number of nitrogens with zero attached hydrogens (tertiary/aromatic N) is 1. The highest BCUT2D eigenvalue weighted by Crippen LogP contribution is 2.17. The van der Waals surface area contributed by atoms with Crippen LogP contribution in [0.2, 0.25) is 0 Å². The molecule has 0 spiro atoms. The van der Waals surface area contributed by atoms with Crippen LogP contribution in [0.3, 0.4) is 0 Å². The lowest BCUT2D eigenvalue weighted by Crippen LogP contribution is -2.36. The number of carbonyl (C=O) groups excluding carboxylic acids is 1. The number of carbonyl (C=O) groups is 2. The van der Waals surface area contributed by atoms with Crippen molar-refractivity contribution in [3.63, 3.8) is 0 Å². The van der Waals surface area contributed by atoms with E-state index in [1.165, 1.54) is 11.8 Å². The van der Waals surface area contributed by atoms with Gasteiger partial charge in [-0.25, -0.2) is 0 Å². The maximum atomic E-state index is 11.8. The summed E-state index contributed by atoms with van der Waals surface area (Å²) >= 11 is 3.42. The fourth-order valence-electron chi connectivity index (χ4n) is 1.74. The third-order valence-corrected chi connectivity index (χ3v) is 3.64. The zero-order valence-corrected chi connectivity index (χ0v) is 12.9. The molecule has 1 amide bonds. The van der Waals surface area contributed by atoms with E-state index >= 15 is 0 Å². The van der Waals surface area contributed by atoms with Crippen molar-refractivity contribution in [2.75, 3.05) is 13.6 Å². The number of aliphatic carboxylic acids is 1. The molecule has 4 nitrogen and oxygen atoms in total. The Morgan fingerprint density at radius 2 is 2.05 bits per heavy atom. The standard InChI is InChI=1S/C14H18BrNO3/c1-9-4-5-12(15)8-11(9)6-7-16(3)13(17)10(2)14(18)19/h4-5,8,10H,6-7H2,1-3H3,(H,18,19). The average molecular weight is 328 g/mol. The second-order valence-electron chi connectivity index (χ2n) is 4.64. The van der Waals surface area contributed by atoms with Crippen molar-refractivity contribution in [2.45, 2.75) is 20.3 Å². The zero-order valence-electron chi connectivity index (χ0n) is 11.3. The number of benzene rings is 1. The summed E-state index contributed by atoms with van der Waals surface area (Å²) in [6.07, 6.45) is 0.708. The number of carboxylic acid groups (broad SMARTS) is 1. The molecule has 0 saturated heterocycles. The second kappa shape index (κ2) is 6.70. The van der Waals surface area contributed by atoms with Crippen molar-refractivity contribution >= 4 is 27.8 Å². The minimum Gasteiger partial charge on any atom is -0.481 e. The molecule has 0 aliphatic rings. The molecule has 19 heavy (non-hydrogen) atoms. The summed E-state index contributed by atoms with van der Waals surface area (Å²) in [5, 5.41) is 8.81. The molecule has 5 heteroatoms. The van der Waals surface area contributed by atoms with E-state index in [1.807, 2.05) is 25.1 Å². The van der Waals surface area contributed by atoms with Gasteiger partial charge in [-0.15, -0.1) is 0 Å². The van der Waals surface area contributed by atoms with Crippen LogP contribution >= 0.6 is 15.9 Å². The Bertz CT molecular complexity index is 488. The largest absolute Gasteiger partial charge is 0.481 e. The predicted molar refractivity (Wildman–Crippen MR) is 77.0 cm³/mol. The normalized spacial score (nSPS) is 12.0. The molecule has 0 heterocycles. The Morgan fingerprint density at radius 1 is 1.42 bits per heavy atom. The Hall–Kier alpha value is -1.36. The SMILES string of the molecule is Cc1ccc(Br)cc1CCN(C)C(=O)C(C)C(=O)O. The summed E-state index contributed by atoms with van der Waals surface area (Å²) in [6.45, 7) is 3.93. The van der Waals surface area contributed by atoms with Crippen LogP contribution in [0.4, 0.5) is 0 Å². The second-order valence-corrected chi connectivity index (χ2v) is 5.56. The molecule has 1 unspecified atom stereocenters. The lowest BCUT2D eigenvalue weighted by Gasteiger charge is -2.20. The summed E-state index contributed by atoms with van der Waals surface area (Å²) < 4.78 is 1.00. The first-order chi connectivity index (χ1) is 8.82. The van der Waals surface area contributed by atoms with Gasteiger partial charge in [-0.3, -0.25) is 9.59 Å². The van der Waals surface area contributed by atoms with Crippen LogP contribution in [0, 0.1) is 12.8 Å². The van der Waals surface area contributed by atoms with Crippen LogP contribution in [0.5, 0.6) is 0 Å². The van der Waals surface area contributed by atoms with Gasteiger partial charge in [-0.1, -0.05) is 22.0 Å². The molecule has 1 atom stereocenters. The maximum absolute atomic E-state index is 11.8. The van der Waals surface area contributed by atoms with E-state index in [2.05, 4.69) is 15.9 Å². The highest BCUT2D eigenvalue weighted by atomic mass is 79.9. The van der Waals surface area contributed by atoms with Gasteiger partial charge in [0.1, 0.15) is 5.92 Å². The molecule has 0 aliphatic carbocycles. The van der Waals surface area contributed by atoms with Gasteiger partial charge in [0, 0.05) is 18.1 Å². The van der Waals surface area contributed by atoms with E-state index in [1.54, 1.807) is 7.05 Å². The molecule has 1 aromatic carbocycles. The summed E-state index contributed by atoms with van der Waals surface area (Å²) in [4.78, 5) is 24.0. The Morgan fingerprint density at radius 3 is 2.63 bits per heavy atom. The smallest absolute Gasteiger partial charge is 0.315 e.